The molecule has 86 valence electrons. The molecule has 0 aliphatic heterocycles. The van der Waals surface area contributed by atoms with Crippen molar-refractivity contribution < 1.29 is 4.52 Å². The van der Waals surface area contributed by atoms with Crippen molar-refractivity contribution >= 4 is 15.9 Å². The molecule has 0 unspecified atom stereocenters. The van der Waals surface area contributed by atoms with E-state index in [1.165, 1.54) is 0 Å². The maximum Gasteiger partial charge on any atom is 0.137 e. The smallest absolute Gasteiger partial charge is 0.137 e. The number of aryl methyl sites for hydroxylation is 1. The zero-order valence-corrected chi connectivity index (χ0v) is 11.3. The molecule has 16 heavy (non-hydrogen) atoms. The molecule has 0 saturated heterocycles. The summed E-state index contributed by atoms with van der Waals surface area (Å²) in [5.74, 6) is 0.877. The summed E-state index contributed by atoms with van der Waals surface area (Å²) in [6.07, 6.45) is 0.848. The van der Waals surface area contributed by atoms with E-state index >= 15 is 0 Å². The van der Waals surface area contributed by atoms with Crippen LogP contribution in [-0.2, 0) is 6.42 Å². The van der Waals surface area contributed by atoms with E-state index in [4.69, 9.17) is 4.52 Å². The van der Waals surface area contributed by atoms with Crippen LogP contribution in [0.25, 0.3) is 11.4 Å². The maximum atomic E-state index is 5.10. The van der Waals surface area contributed by atoms with Crippen molar-refractivity contribution in [1.29, 1.82) is 0 Å². The van der Waals surface area contributed by atoms with Gasteiger partial charge in [0.1, 0.15) is 16.1 Å². The Bertz CT molecular complexity index is 440. The third kappa shape index (κ3) is 3.17. The summed E-state index contributed by atoms with van der Waals surface area (Å²) >= 11 is 3.31. The molecular weight excluding hydrogens is 268 g/mol. The molecule has 0 aromatic carbocycles. The van der Waals surface area contributed by atoms with E-state index in [0.717, 1.165) is 28.2 Å². The summed E-state index contributed by atoms with van der Waals surface area (Å²) in [6.45, 7) is 6.03. The summed E-state index contributed by atoms with van der Waals surface area (Å²) in [5.41, 5.74) is 1.60. The maximum absolute atomic E-state index is 5.10. The molecule has 0 spiro atoms. The van der Waals surface area contributed by atoms with Crippen molar-refractivity contribution in [2.24, 2.45) is 0 Å². The van der Waals surface area contributed by atoms with Crippen LogP contribution in [0, 0.1) is 0 Å². The van der Waals surface area contributed by atoms with Crippen LogP contribution >= 0.6 is 15.9 Å². The van der Waals surface area contributed by atoms with Gasteiger partial charge in [-0.3, -0.25) is 0 Å². The summed E-state index contributed by atoms with van der Waals surface area (Å²) in [5, 5.41) is 3.94. The Hall–Kier alpha value is -1.16. The molecule has 0 fully saturated rings. The van der Waals surface area contributed by atoms with Crippen molar-refractivity contribution in [1.82, 2.24) is 10.1 Å². The first-order valence-electron chi connectivity index (χ1n) is 5.38. The molecule has 2 heterocycles. The van der Waals surface area contributed by atoms with Crippen molar-refractivity contribution in [2.45, 2.75) is 27.2 Å². The Morgan fingerprint density at radius 1 is 1.25 bits per heavy atom. The van der Waals surface area contributed by atoms with Crippen molar-refractivity contribution in [3.8, 4) is 11.4 Å². The fraction of sp³-hybridized carbons (Fsp3) is 0.333. The van der Waals surface area contributed by atoms with E-state index in [2.05, 4.69) is 26.1 Å². The molecule has 4 heteroatoms. The fourth-order valence-corrected chi connectivity index (χ4v) is 1.49. The van der Waals surface area contributed by atoms with Crippen molar-refractivity contribution in [3.05, 3.63) is 34.6 Å². The van der Waals surface area contributed by atoms with Crippen molar-refractivity contribution in [3.63, 3.8) is 0 Å². The van der Waals surface area contributed by atoms with Gasteiger partial charge in [0.15, 0.2) is 0 Å². The molecule has 0 N–H and O–H groups in total. The topological polar surface area (TPSA) is 38.9 Å². The Labute approximate surface area is 104 Å². The zero-order valence-electron chi connectivity index (χ0n) is 9.70. The molecule has 2 rings (SSSR count). The fourth-order valence-electron chi connectivity index (χ4n) is 1.15. The summed E-state index contributed by atoms with van der Waals surface area (Å²) in [4.78, 5) is 4.29. The second-order valence-electron chi connectivity index (χ2n) is 2.88. The minimum atomic E-state index is 0.781. The minimum Gasteiger partial charge on any atom is -0.361 e. The van der Waals surface area contributed by atoms with Crippen molar-refractivity contribution in [2.75, 3.05) is 0 Å². The molecule has 0 aliphatic rings. The summed E-state index contributed by atoms with van der Waals surface area (Å²) < 4.78 is 5.90. The standard InChI is InChI=1S/C10H9BrN2O.C2H6/c1-2-7-6-9(13-14-7)8-4-3-5-10(11)12-8;1-2/h3-6H,2H2,1H3;1-2H3. The predicted molar refractivity (Wildman–Crippen MR) is 68.2 cm³/mol. The van der Waals surface area contributed by atoms with Crippen LogP contribution in [0.4, 0.5) is 0 Å². The normalized spacial score (nSPS) is 9.50. The number of nitrogens with zero attached hydrogens (tertiary/aromatic N) is 2. The van der Waals surface area contributed by atoms with Gasteiger partial charge in [0.25, 0.3) is 0 Å². The molecule has 0 atom stereocenters. The Morgan fingerprint density at radius 3 is 2.56 bits per heavy atom. The van der Waals surface area contributed by atoms with Crippen LogP contribution in [0.15, 0.2) is 33.4 Å². The van der Waals surface area contributed by atoms with Gasteiger partial charge in [0, 0.05) is 12.5 Å². The molecule has 2 aromatic heterocycles. The SMILES string of the molecule is CC.CCc1cc(-c2cccc(Br)n2)no1. The molecule has 0 radical (unpaired) electrons. The first-order valence-corrected chi connectivity index (χ1v) is 6.17. The first kappa shape index (κ1) is 12.9. The number of rotatable bonds is 2. The van der Waals surface area contributed by atoms with Crippen LogP contribution in [0.1, 0.15) is 26.5 Å². The monoisotopic (exact) mass is 282 g/mol. The molecule has 0 saturated carbocycles. The summed E-state index contributed by atoms with van der Waals surface area (Å²) in [6, 6.07) is 7.62. The quantitative estimate of drug-likeness (QED) is 0.779. The van der Waals surface area contributed by atoms with E-state index < -0.39 is 0 Å². The first-order chi connectivity index (χ1) is 7.79. The molecular formula is C12H15BrN2O. The van der Waals surface area contributed by atoms with Gasteiger partial charge in [0.2, 0.25) is 0 Å². The second kappa shape index (κ2) is 6.43. The number of aromatic nitrogens is 2. The lowest BCUT2D eigenvalue weighted by atomic mass is 10.2. The number of hydrogen-bond acceptors (Lipinski definition) is 3. The Kier molecular flexibility index (Phi) is 5.19. The van der Waals surface area contributed by atoms with Crippen LogP contribution in [0.5, 0.6) is 0 Å². The van der Waals surface area contributed by atoms with E-state index in [1.54, 1.807) is 0 Å². The highest BCUT2D eigenvalue weighted by Gasteiger charge is 2.06. The Balaban J connectivity index is 0.000000606. The van der Waals surface area contributed by atoms with Gasteiger partial charge in [-0.25, -0.2) is 4.98 Å². The molecule has 2 aromatic rings. The van der Waals surface area contributed by atoms with Crippen LogP contribution in [0.2, 0.25) is 0 Å². The summed E-state index contributed by atoms with van der Waals surface area (Å²) in [7, 11) is 0. The van der Waals surface area contributed by atoms with E-state index in [0.29, 0.717) is 0 Å². The van der Waals surface area contributed by atoms with Gasteiger partial charge in [-0.05, 0) is 28.1 Å². The Morgan fingerprint density at radius 2 is 2.00 bits per heavy atom. The lowest BCUT2D eigenvalue weighted by Crippen LogP contribution is -1.82. The molecule has 0 bridgehead atoms. The third-order valence-electron chi connectivity index (χ3n) is 1.88. The molecule has 0 amide bonds. The van der Waals surface area contributed by atoms with Gasteiger partial charge in [-0.1, -0.05) is 32.0 Å². The average molecular weight is 283 g/mol. The third-order valence-corrected chi connectivity index (χ3v) is 2.33. The van der Waals surface area contributed by atoms with E-state index in [1.807, 2.05) is 45.0 Å². The highest BCUT2D eigenvalue weighted by atomic mass is 79.9. The van der Waals surface area contributed by atoms with E-state index in [-0.39, 0.29) is 0 Å². The lowest BCUT2D eigenvalue weighted by molar-refractivity contribution is 0.389. The predicted octanol–water partition coefficient (Wildman–Crippen LogP) is 4.09. The highest BCUT2D eigenvalue weighted by molar-refractivity contribution is 9.10. The number of hydrogen-bond donors (Lipinski definition) is 0. The largest absolute Gasteiger partial charge is 0.361 e. The zero-order chi connectivity index (χ0) is 12.0. The minimum absolute atomic E-state index is 0.781. The van der Waals surface area contributed by atoms with Gasteiger partial charge in [-0.15, -0.1) is 0 Å². The van der Waals surface area contributed by atoms with Gasteiger partial charge < -0.3 is 4.52 Å². The van der Waals surface area contributed by atoms with Crippen LogP contribution in [0.3, 0.4) is 0 Å². The number of pyridine rings is 1. The molecule has 3 nitrogen and oxygen atoms in total. The van der Waals surface area contributed by atoms with Gasteiger partial charge in [-0.2, -0.15) is 0 Å². The van der Waals surface area contributed by atoms with Gasteiger partial charge >= 0.3 is 0 Å². The molecule has 0 aliphatic carbocycles. The number of halogens is 1. The van der Waals surface area contributed by atoms with E-state index in [9.17, 15) is 0 Å². The van der Waals surface area contributed by atoms with Crippen LogP contribution < -0.4 is 0 Å². The second-order valence-corrected chi connectivity index (χ2v) is 3.69. The van der Waals surface area contributed by atoms with Gasteiger partial charge in [0.05, 0.1) is 5.69 Å². The lowest BCUT2D eigenvalue weighted by Gasteiger charge is -1.93. The average Bonchev–Trinajstić information content (AvgIpc) is 2.80. The highest BCUT2D eigenvalue weighted by Crippen LogP contribution is 2.18. The van der Waals surface area contributed by atoms with Crippen LogP contribution in [-0.4, -0.2) is 10.1 Å².